The van der Waals surface area contributed by atoms with Crippen LogP contribution < -0.4 is 10.0 Å². The topological polar surface area (TPSA) is 87.6 Å². The van der Waals surface area contributed by atoms with Gasteiger partial charge in [-0.1, -0.05) is 41.4 Å². The van der Waals surface area contributed by atoms with Gasteiger partial charge in [0, 0.05) is 22.2 Å². The van der Waals surface area contributed by atoms with Crippen molar-refractivity contribution in [3.63, 3.8) is 0 Å². The average Bonchev–Trinajstić information content (AvgIpc) is 2.83. The molecular weight excluding hydrogens is 385 g/mol. The molecule has 6 nitrogen and oxygen atoms in total. The van der Waals surface area contributed by atoms with E-state index in [1.165, 1.54) is 6.07 Å². The van der Waals surface area contributed by atoms with Crippen molar-refractivity contribution in [2.45, 2.75) is 11.4 Å². The van der Waals surface area contributed by atoms with Crippen molar-refractivity contribution in [2.75, 3.05) is 6.54 Å². The van der Waals surface area contributed by atoms with E-state index in [1.54, 1.807) is 36.4 Å². The molecule has 1 aliphatic heterocycles. The number of amidine groups is 1. The van der Waals surface area contributed by atoms with Crippen LogP contribution in [-0.4, -0.2) is 26.7 Å². The number of fused-ring (bicyclic) bond motifs is 1. The number of rotatable bonds is 4. The number of nitrogens with one attached hydrogen (secondary N) is 2. The Morgan fingerprint density at radius 3 is 2.68 bits per heavy atom. The summed E-state index contributed by atoms with van der Waals surface area (Å²) >= 11 is 11.9. The molecule has 0 spiro atoms. The molecule has 3 rings (SSSR count). The highest BCUT2D eigenvalue weighted by Crippen LogP contribution is 2.22. The van der Waals surface area contributed by atoms with E-state index in [1.807, 2.05) is 0 Å². The lowest BCUT2D eigenvalue weighted by molar-refractivity contribution is -0.119. The van der Waals surface area contributed by atoms with Gasteiger partial charge in [-0.15, -0.1) is 0 Å². The largest absolute Gasteiger partial charge is 0.350 e. The van der Waals surface area contributed by atoms with E-state index >= 15 is 0 Å². The Labute approximate surface area is 154 Å². The lowest BCUT2D eigenvalue weighted by atomic mass is 10.2. The summed E-state index contributed by atoms with van der Waals surface area (Å²) < 4.78 is 26.3. The molecule has 2 aromatic rings. The van der Waals surface area contributed by atoms with E-state index in [4.69, 9.17) is 23.2 Å². The molecule has 0 aliphatic carbocycles. The Balaban J connectivity index is 1.66. The first-order valence-corrected chi connectivity index (χ1v) is 9.48. The molecular formula is C16H13Cl2N3O3S. The van der Waals surface area contributed by atoms with Gasteiger partial charge in [-0.25, -0.2) is 8.42 Å². The van der Waals surface area contributed by atoms with Crippen LogP contribution in [0.5, 0.6) is 0 Å². The predicted octanol–water partition coefficient (Wildman–Crippen LogP) is 2.35. The molecule has 1 amide bonds. The van der Waals surface area contributed by atoms with Gasteiger partial charge in [0.2, 0.25) is 5.91 Å². The Bertz CT molecular complexity index is 974. The quantitative estimate of drug-likeness (QED) is 0.829. The van der Waals surface area contributed by atoms with Crippen LogP contribution in [0.1, 0.15) is 11.1 Å². The standard InChI is InChI=1S/C16H13Cl2N3O3S/c17-11-6-5-10(13(18)7-11)8-19-15(22)9-20-16-12-3-1-2-4-14(12)25(23,24)21-16/h1-7H,8-9H2,(H,19,22)(H,20,21). The minimum Gasteiger partial charge on any atom is -0.350 e. The van der Waals surface area contributed by atoms with E-state index < -0.39 is 10.0 Å². The van der Waals surface area contributed by atoms with Gasteiger partial charge in [-0.05, 0) is 29.8 Å². The molecule has 2 N–H and O–H groups in total. The Morgan fingerprint density at radius 1 is 1.16 bits per heavy atom. The summed E-state index contributed by atoms with van der Waals surface area (Å²) in [6, 6.07) is 11.5. The number of benzene rings is 2. The summed E-state index contributed by atoms with van der Waals surface area (Å²) in [4.78, 5) is 16.2. The maximum absolute atomic E-state index is 12.0. The molecule has 0 bridgehead atoms. The summed E-state index contributed by atoms with van der Waals surface area (Å²) in [5.41, 5.74) is 1.18. The van der Waals surface area contributed by atoms with Gasteiger partial charge in [0.25, 0.3) is 10.0 Å². The second-order valence-electron chi connectivity index (χ2n) is 5.28. The number of nitrogens with zero attached hydrogens (tertiary/aromatic N) is 1. The molecule has 0 saturated carbocycles. The van der Waals surface area contributed by atoms with Gasteiger partial charge < -0.3 is 5.32 Å². The summed E-state index contributed by atoms with van der Waals surface area (Å²) in [5, 5.41) is 3.64. The first kappa shape index (κ1) is 17.7. The summed E-state index contributed by atoms with van der Waals surface area (Å²) in [5.74, 6) is -0.197. The summed E-state index contributed by atoms with van der Waals surface area (Å²) in [6.07, 6.45) is 0. The molecule has 0 radical (unpaired) electrons. The van der Waals surface area contributed by atoms with E-state index in [0.29, 0.717) is 15.6 Å². The van der Waals surface area contributed by atoms with Gasteiger partial charge in [0.1, 0.15) is 12.4 Å². The molecule has 130 valence electrons. The first-order chi connectivity index (χ1) is 11.9. The van der Waals surface area contributed by atoms with Gasteiger partial charge in [0.05, 0.1) is 4.90 Å². The minimum atomic E-state index is -3.61. The van der Waals surface area contributed by atoms with Crippen LogP contribution in [0, 0.1) is 0 Å². The third-order valence-corrected chi connectivity index (χ3v) is 5.52. The second kappa shape index (κ2) is 7.03. The first-order valence-electron chi connectivity index (χ1n) is 7.24. The van der Waals surface area contributed by atoms with Crippen molar-refractivity contribution >= 4 is 45.0 Å². The highest BCUT2D eigenvalue weighted by atomic mass is 35.5. The molecule has 1 aliphatic rings. The van der Waals surface area contributed by atoms with Gasteiger partial charge in [-0.2, -0.15) is 0 Å². The van der Waals surface area contributed by atoms with E-state index in [9.17, 15) is 13.2 Å². The highest BCUT2D eigenvalue weighted by molar-refractivity contribution is 7.90. The minimum absolute atomic E-state index is 0.155. The molecule has 2 aromatic carbocycles. The Kier molecular flexibility index (Phi) is 4.99. The van der Waals surface area contributed by atoms with Crippen LogP contribution >= 0.6 is 23.2 Å². The SMILES string of the molecule is O=C(CN=C1NS(=O)(=O)c2ccccc21)NCc1ccc(Cl)cc1Cl. The lowest BCUT2D eigenvalue weighted by Gasteiger charge is -2.06. The number of amides is 1. The van der Waals surface area contributed by atoms with Crippen LogP contribution in [0.4, 0.5) is 0 Å². The van der Waals surface area contributed by atoms with Crippen molar-refractivity contribution in [3.05, 3.63) is 63.6 Å². The monoisotopic (exact) mass is 397 g/mol. The fraction of sp³-hybridized carbons (Fsp3) is 0.125. The number of halogens is 2. The van der Waals surface area contributed by atoms with Gasteiger partial charge >= 0.3 is 0 Å². The van der Waals surface area contributed by atoms with Crippen molar-refractivity contribution in [1.82, 2.24) is 10.0 Å². The van der Waals surface area contributed by atoms with Crippen LogP contribution in [0.2, 0.25) is 10.0 Å². The highest BCUT2D eigenvalue weighted by Gasteiger charge is 2.30. The number of carbonyl (C=O) groups is 1. The maximum Gasteiger partial charge on any atom is 0.263 e. The second-order valence-corrected chi connectivity index (χ2v) is 7.77. The fourth-order valence-electron chi connectivity index (χ4n) is 2.32. The van der Waals surface area contributed by atoms with Crippen molar-refractivity contribution < 1.29 is 13.2 Å². The molecule has 0 fully saturated rings. The smallest absolute Gasteiger partial charge is 0.263 e. The van der Waals surface area contributed by atoms with E-state index in [0.717, 1.165) is 5.56 Å². The molecule has 0 unspecified atom stereocenters. The number of sulfonamides is 1. The van der Waals surface area contributed by atoms with E-state index in [2.05, 4.69) is 15.0 Å². The summed E-state index contributed by atoms with van der Waals surface area (Å²) in [7, 11) is -3.61. The molecule has 25 heavy (non-hydrogen) atoms. The van der Waals surface area contributed by atoms with Crippen LogP contribution in [0.25, 0.3) is 0 Å². The zero-order valence-corrected chi connectivity index (χ0v) is 15.1. The van der Waals surface area contributed by atoms with Gasteiger partial charge in [-0.3, -0.25) is 14.5 Å². The lowest BCUT2D eigenvalue weighted by Crippen LogP contribution is -2.28. The molecule has 0 atom stereocenters. The van der Waals surface area contributed by atoms with E-state index in [-0.39, 0.29) is 29.7 Å². The molecule has 9 heteroatoms. The normalized spacial score (nSPS) is 16.3. The summed E-state index contributed by atoms with van der Waals surface area (Å²) in [6.45, 7) is 0.0133. The fourth-order valence-corrected chi connectivity index (χ4v) is 4.04. The average molecular weight is 398 g/mol. The molecule has 0 aromatic heterocycles. The van der Waals surface area contributed by atoms with Crippen molar-refractivity contribution in [1.29, 1.82) is 0 Å². The van der Waals surface area contributed by atoms with Gasteiger partial charge in [0.15, 0.2) is 0 Å². The van der Waals surface area contributed by atoms with Crippen LogP contribution in [0.15, 0.2) is 52.4 Å². The zero-order valence-electron chi connectivity index (χ0n) is 12.8. The molecule has 1 heterocycles. The zero-order chi connectivity index (χ0) is 18.0. The number of hydrogen-bond donors (Lipinski definition) is 2. The number of aliphatic imine (C=N–C) groups is 1. The molecule has 0 saturated heterocycles. The Morgan fingerprint density at radius 2 is 1.92 bits per heavy atom. The number of hydrogen-bond acceptors (Lipinski definition) is 4. The third kappa shape index (κ3) is 3.95. The number of carbonyl (C=O) groups excluding carboxylic acids is 1. The third-order valence-electron chi connectivity index (χ3n) is 3.53. The maximum atomic E-state index is 12.0. The van der Waals surface area contributed by atoms with Crippen LogP contribution in [0.3, 0.4) is 0 Å². The van der Waals surface area contributed by atoms with Crippen molar-refractivity contribution in [3.8, 4) is 0 Å². The Hall–Kier alpha value is -2.09. The van der Waals surface area contributed by atoms with Crippen molar-refractivity contribution in [2.24, 2.45) is 4.99 Å². The predicted molar refractivity (Wildman–Crippen MR) is 96.5 cm³/mol. The van der Waals surface area contributed by atoms with Crippen LogP contribution in [-0.2, 0) is 21.4 Å².